The summed E-state index contributed by atoms with van der Waals surface area (Å²) in [5.41, 5.74) is -0.0129. The van der Waals surface area contributed by atoms with Crippen molar-refractivity contribution in [2.75, 3.05) is 19.6 Å². The second-order valence-electron chi connectivity index (χ2n) is 5.38. The highest BCUT2D eigenvalue weighted by Crippen LogP contribution is 2.36. The van der Waals surface area contributed by atoms with E-state index in [0.717, 1.165) is 57.6 Å². The Kier molecular flexibility index (Phi) is 4.87. The number of halogens is 1. The Bertz CT molecular complexity index is 421. The summed E-state index contributed by atoms with van der Waals surface area (Å²) in [6, 6.07) is 0. The van der Waals surface area contributed by atoms with Crippen molar-refractivity contribution in [1.29, 1.82) is 0 Å². The van der Waals surface area contributed by atoms with E-state index in [9.17, 15) is 5.11 Å². The highest BCUT2D eigenvalue weighted by molar-refractivity contribution is 6.31. The Morgan fingerprint density at radius 1 is 1.37 bits per heavy atom. The molecule has 1 N–H and O–H groups in total. The van der Waals surface area contributed by atoms with Crippen LogP contribution in [0.3, 0.4) is 0 Å². The summed E-state index contributed by atoms with van der Waals surface area (Å²) in [4.78, 5) is 2.38. The van der Waals surface area contributed by atoms with Crippen LogP contribution in [0.25, 0.3) is 0 Å². The molecule has 0 amide bonds. The average molecular weight is 286 g/mol. The molecule has 2 rings (SSSR count). The van der Waals surface area contributed by atoms with Crippen molar-refractivity contribution in [3.63, 3.8) is 0 Å². The monoisotopic (exact) mass is 285 g/mol. The summed E-state index contributed by atoms with van der Waals surface area (Å²) in [7, 11) is 0. The maximum Gasteiger partial charge on any atom is 0.109 e. The minimum absolute atomic E-state index is 0.598. The molecule has 1 atom stereocenters. The smallest absolute Gasteiger partial charge is 0.109 e. The zero-order valence-corrected chi connectivity index (χ0v) is 12.7. The highest BCUT2D eigenvalue weighted by Gasteiger charge is 2.36. The first-order chi connectivity index (χ1) is 9.10. The molecule has 0 aliphatic carbocycles. The van der Waals surface area contributed by atoms with Gasteiger partial charge in [-0.2, -0.15) is 5.10 Å². The Morgan fingerprint density at radius 3 is 2.84 bits per heavy atom. The number of aliphatic hydroxyl groups is 1. The van der Waals surface area contributed by atoms with Gasteiger partial charge in [-0.15, -0.1) is 0 Å². The molecule has 19 heavy (non-hydrogen) atoms. The number of nitrogens with zero attached hydrogens (tertiary/aromatic N) is 3. The Balaban J connectivity index is 2.25. The Hall–Kier alpha value is -0.580. The van der Waals surface area contributed by atoms with Crippen molar-refractivity contribution in [1.82, 2.24) is 14.7 Å². The SMILES string of the molecule is CCCn1ncc(Cl)c1C1(O)CCCN(CC)CC1. The molecule has 4 nitrogen and oxygen atoms in total. The maximum atomic E-state index is 11.0. The van der Waals surface area contributed by atoms with Gasteiger partial charge in [-0.3, -0.25) is 4.68 Å². The predicted molar refractivity (Wildman–Crippen MR) is 77.4 cm³/mol. The molecule has 5 heteroatoms. The van der Waals surface area contributed by atoms with Crippen LogP contribution in [0.15, 0.2) is 6.20 Å². The lowest BCUT2D eigenvalue weighted by molar-refractivity contribution is 0.0126. The molecule has 1 aliphatic heterocycles. The van der Waals surface area contributed by atoms with E-state index in [0.29, 0.717) is 5.02 Å². The third-order valence-electron chi connectivity index (χ3n) is 4.02. The van der Waals surface area contributed by atoms with Crippen LogP contribution >= 0.6 is 11.6 Å². The molecular weight excluding hydrogens is 262 g/mol. The molecule has 0 radical (unpaired) electrons. The molecule has 108 valence electrons. The summed E-state index contributed by atoms with van der Waals surface area (Å²) in [5.74, 6) is 0. The highest BCUT2D eigenvalue weighted by atomic mass is 35.5. The third-order valence-corrected chi connectivity index (χ3v) is 4.30. The lowest BCUT2D eigenvalue weighted by Gasteiger charge is -2.28. The first-order valence-corrected chi connectivity index (χ1v) is 7.65. The number of hydrogen-bond acceptors (Lipinski definition) is 3. The molecule has 1 unspecified atom stereocenters. The van der Waals surface area contributed by atoms with E-state index in [4.69, 9.17) is 11.6 Å². The van der Waals surface area contributed by atoms with Crippen LogP contribution in [0.4, 0.5) is 0 Å². The molecular formula is C14H24ClN3O. The molecule has 1 fully saturated rings. The third kappa shape index (κ3) is 3.12. The molecule has 1 aliphatic rings. The standard InChI is InChI=1S/C14H24ClN3O/c1-3-8-18-13(12(15)11-16-18)14(19)6-5-9-17(4-2)10-7-14/h11,19H,3-10H2,1-2H3. The molecule has 2 heterocycles. The van der Waals surface area contributed by atoms with E-state index in [1.54, 1.807) is 6.20 Å². The lowest BCUT2D eigenvalue weighted by Crippen LogP contribution is -2.32. The zero-order chi connectivity index (χ0) is 13.9. The first kappa shape index (κ1) is 14.8. The minimum Gasteiger partial charge on any atom is -0.383 e. The average Bonchev–Trinajstić information content (AvgIpc) is 2.65. The summed E-state index contributed by atoms with van der Waals surface area (Å²) < 4.78 is 1.88. The molecule has 0 spiro atoms. The molecule has 0 aromatic carbocycles. The van der Waals surface area contributed by atoms with Gasteiger partial charge in [-0.05, 0) is 38.8 Å². The van der Waals surface area contributed by atoms with Crippen LogP contribution in [0.5, 0.6) is 0 Å². The van der Waals surface area contributed by atoms with Gasteiger partial charge in [0.05, 0.1) is 16.9 Å². The Labute approximate surface area is 120 Å². The molecule has 1 aromatic heterocycles. The van der Waals surface area contributed by atoms with Crippen LogP contribution in [0.2, 0.25) is 5.02 Å². The van der Waals surface area contributed by atoms with Crippen LogP contribution < -0.4 is 0 Å². The van der Waals surface area contributed by atoms with Crippen molar-refractivity contribution in [2.24, 2.45) is 0 Å². The summed E-state index contributed by atoms with van der Waals surface area (Å²) in [6.45, 7) is 8.09. The van der Waals surface area contributed by atoms with Gasteiger partial charge in [0.1, 0.15) is 5.60 Å². The van der Waals surface area contributed by atoms with E-state index >= 15 is 0 Å². The number of hydrogen-bond donors (Lipinski definition) is 1. The first-order valence-electron chi connectivity index (χ1n) is 7.27. The van der Waals surface area contributed by atoms with E-state index in [-0.39, 0.29) is 0 Å². The van der Waals surface area contributed by atoms with Crippen molar-refractivity contribution < 1.29 is 5.11 Å². The number of aromatic nitrogens is 2. The fourth-order valence-corrected chi connectivity index (χ4v) is 3.25. The second kappa shape index (κ2) is 6.25. The van der Waals surface area contributed by atoms with Gasteiger partial charge >= 0.3 is 0 Å². The zero-order valence-electron chi connectivity index (χ0n) is 11.9. The molecule has 1 saturated heterocycles. The van der Waals surface area contributed by atoms with Gasteiger partial charge in [0, 0.05) is 13.1 Å². The normalized spacial score (nSPS) is 25.5. The molecule has 0 saturated carbocycles. The molecule has 1 aromatic rings. The maximum absolute atomic E-state index is 11.0. The Morgan fingerprint density at radius 2 is 2.16 bits per heavy atom. The van der Waals surface area contributed by atoms with Crippen molar-refractivity contribution in [2.45, 2.75) is 51.7 Å². The van der Waals surface area contributed by atoms with E-state index in [1.165, 1.54) is 0 Å². The second-order valence-corrected chi connectivity index (χ2v) is 5.79. The van der Waals surface area contributed by atoms with Crippen LogP contribution in [-0.2, 0) is 12.1 Å². The number of aryl methyl sites for hydroxylation is 1. The van der Waals surface area contributed by atoms with Gasteiger partial charge in [0.15, 0.2) is 0 Å². The van der Waals surface area contributed by atoms with Crippen molar-refractivity contribution in [3.8, 4) is 0 Å². The van der Waals surface area contributed by atoms with Gasteiger partial charge in [0.25, 0.3) is 0 Å². The molecule has 0 bridgehead atoms. The lowest BCUT2D eigenvalue weighted by atomic mass is 9.91. The number of likely N-dealkylation sites (tertiary alicyclic amines) is 1. The topological polar surface area (TPSA) is 41.3 Å². The summed E-state index contributed by atoms with van der Waals surface area (Å²) in [5, 5.41) is 15.9. The van der Waals surface area contributed by atoms with Crippen LogP contribution in [0.1, 0.15) is 45.2 Å². The number of rotatable bonds is 4. The predicted octanol–water partition coefficient (Wildman–Crippen LogP) is 2.64. The summed E-state index contributed by atoms with van der Waals surface area (Å²) >= 11 is 6.27. The van der Waals surface area contributed by atoms with E-state index in [2.05, 4.69) is 23.8 Å². The fraction of sp³-hybridized carbons (Fsp3) is 0.786. The van der Waals surface area contributed by atoms with E-state index < -0.39 is 5.60 Å². The van der Waals surface area contributed by atoms with Gasteiger partial charge in [-0.1, -0.05) is 25.4 Å². The van der Waals surface area contributed by atoms with Crippen molar-refractivity contribution in [3.05, 3.63) is 16.9 Å². The minimum atomic E-state index is -0.827. The van der Waals surface area contributed by atoms with Gasteiger partial charge in [0.2, 0.25) is 0 Å². The van der Waals surface area contributed by atoms with Crippen LogP contribution in [-0.4, -0.2) is 39.4 Å². The quantitative estimate of drug-likeness (QED) is 0.925. The fourth-order valence-electron chi connectivity index (χ4n) is 2.93. The van der Waals surface area contributed by atoms with Crippen molar-refractivity contribution >= 4 is 11.6 Å². The van der Waals surface area contributed by atoms with Crippen LogP contribution in [0, 0.1) is 0 Å². The van der Waals surface area contributed by atoms with E-state index in [1.807, 2.05) is 4.68 Å². The summed E-state index contributed by atoms with van der Waals surface area (Å²) in [6.07, 6.45) is 5.14. The van der Waals surface area contributed by atoms with Gasteiger partial charge < -0.3 is 10.0 Å². The van der Waals surface area contributed by atoms with Gasteiger partial charge in [-0.25, -0.2) is 0 Å². The largest absolute Gasteiger partial charge is 0.383 e.